The summed E-state index contributed by atoms with van der Waals surface area (Å²) in [5.74, 6) is 0.431. The predicted octanol–water partition coefficient (Wildman–Crippen LogP) is 2.57. The molecule has 4 nitrogen and oxygen atoms in total. The van der Waals surface area contributed by atoms with Crippen molar-refractivity contribution in [3.8, 4) is 0 Å². The first kappa shape index (κ1) is 13.3. The molecule has 0 bridgehead atoms. The van der Waals surface area contributed by atoms with E-state index in [9.17, 15) is 8.42 Å². The molecule has 0 spiro atoms. The number of thiazole rings is 1. The van der Waals surface area contributed by atoms with E-state index >= 15 is 0 Å². The van der Waals surface area contributed by atoms with Gasteiger partial charge in [-0.15, -0.1) is 0 Å². The molecular formula is C10H15ClN2O2S2. The van der Waals surface area contributed by atoms with Gasteiger partial charge in [-0.1, -0.05) is 22.9 Å². The average Bonchev–Trinajstić information content (AvgIpc) is 2.91. The molecule has 0 radical (unpaired) electrons. The van der Waals surface area contributed by atoms with Crippen LogP contribution in [0.5, 0.6) is 0 Å². The van der Waals surface area contributed by atoms with E-state index in [-0.39, 0.29) is 8.68 Å². The number of aryl methyl sites for hydroxylation is 1. The molecule has 0 aromatic carbocycles. The number of nitrogens with zero attached hydrogens (tertiary/aromatic N) is 1. The molecule has 1 fully saturated rings. The Labute approximate surface area is 110 Å². The van der Waals surface area contributed by atoms with Crippen molar-refractivity contribution in [2.75, 3.05) is 0 Å². The predicted molar refractivity (Wildman–Crippen MR) is 69.0 cm³/mol. The summed E-state index contributed by atoms with van der Waals surface area (Å²) < 4.78 is 27.7. The third kappa shape index (κ3) is 2.81. The lowest BCUT2D eigenvalue weighted by atomic mass is 10.0. The van der Waals surface area contributed by atoms with E-state index < -0.39 is 15.6 Å². The first-order valence-corrected chi connectivity index (χ1v) is 8.07. The largest absolute Gasteiger partial charge is 0.252 e. The summed E-state index contributed by atoms with van der Waals surface area (Å²) in [5.41, 5.74) is 0.0564. The molecule has 2 rings (SSSR count). The minimum atomic E-state index is -3.51. The van der Waals surface area contributed by atoms with Gasteiger partial charge in [0.15, 0.2) is 8.68 Å². The maximum atomic E-state index is 12.2. The Morgan fingerprint density at radius 3 is 2.47 bits per heavy atom. The van der Waals surface area contributed by atoms with Crippen LogP contribution in [-0.4, -0.2) is 18.9 Å². The fourth-order valence-electron chi connectivity index (χ4n) is 1.88. The lowest BCUT2D eigenvalue weighted by Gasteiger charge is -2.25. The number of nitrogens with one attached hydrogen (secondary N) is 1. The van der Waals surface area contributed by atoms with Gasteiger partial charge in [0, 0.05) is 5.54 Å². The molecule has 0 atom stereocenters. The molecule has 1 saturated carbocycles. The first-order valence-electron chi connectivity index (χ1n) is 5.39. The minimum absolute atomic E-state index is 0.219. The first-order chi connectivity index (χ1) is 7.72. The smallest absolute Gasteiger partial charge is 0.229 e. The molecule has 0 amide bonds. The highest BCUT2D eigenvalue weighted by molar-refractivity contribution is 7.91. The van der Waals surface area contributed by atoms with Crippen LogP contribution in [0.25, 0.3) is 0 Å². The molecule has 1 aromatic heterocycles. The van der Waals surface area contributed by atoms with Gasteiger partial charge >= 0.3 is 0 Å². The highest BCUT2D eigenvalue weighted by atomic mass is 35.5. The summed E-state index contributed by atoms with van der Waals surface area (Å²) >= 11 is 6.73. The summed E-state index contributed by atoms with van der Waals surface area (Å²) in [6.45, 7) is 5.49. The topological polar surface area (TPSA) is 59.1 Å². The highest BCUT2D eigenvalue weighted by Gasteiger charge is 2.41. The van der Waals surface area contributed by atoms with Crippen LogP contribution >= 0.6 is 22.9 Å². The second kappa shape index (κ2) is 4.19. The maximum Gasteiger partial charge on any atom is 0.252 e. The number of halogens is 1. The van der Waals surface area contributed by atoms with Crippen LogP contribution in [0.1, 0.15) is 32.4 Å². The van der Waals surface area contributed by atoms with Crippen LogP contribution in [0, 0.1) is 12.8 Å². The Kier molecular flexibility index (Phi) is 3.27. The van der Waals surface area contributed by atoms with Gasteiger partial charge in [-0.05, 0) is 39.5 Å². The second-order valence-corrected chi connectivity index (χ2v) is 8.40. The van der Waals surface area contributed by atoms with Crippen molar-refractivity contribution in [3.63, 3.8) is 0 Å². The number of rotatable bonds is 4. The molecule has 0 saturated heterocycles. The normalized spacial score (nSPS) is 17.4. The van der Waals surface area contributed by atoms with Crippen LogP contribution in [0.2, 0.25) is 4.47 Å². The lowest BCUT2D eigenvalue weighted by Crippen LogP contribution is -2.45. The van der Waals surface area contributed by atoms with Crippen molar-refractivity contribution in [1.82, 2.24) is 9.71 Å². The standard InChI is InChI=1S/C10H15ClN2O2S2/c1-6-8(16-9(11)12-6)17(14,15)13-10(2,3)7-4-5-7/h7,13H,4-5H2,1-3H3. The molecule has 1 N–H and O–H groups in total. The third-order valence-electron chi connectivity index (χ3n) is 2.97. The molecule has 1 aliphatic rings. The van der Waals surface area contributed by atoms with Gasteiger partial charge in [0.05, 0.1) is 5.69 Å². The van der Waals surface area contributed by atoms with Crippen LogP contribution in [0.15, 0.2) is 4.21 Å². The van der Waals surface area contributed by atoms with Crippen molar-refractivity contribution in [1.29, 1.82) is 0 Å². The van der Waals surface area contributed by atoms with Gasteiger partial charge in [0.25, 0.3) is 10.0 Å². The van der Waals surface area contributed by atoms with E-state index in [1.54, 1.807) is 6.92 Å². The van der Waals surface area contributed by atoms with Gasteiger partial charge in [0.1, 0.15) is 0 Å². The van der Waals surface area contributed by atoms with Crippen LogP contribution < -0.4 is 4.72 Å². The molecule has 1 aromatic rings. The minimum Gasteiger partial charge on any atom is -0.229 e. The SMILES string of the molecule is Cc1nc(Cl)sc1S(=O)(=O)NC(C)(C)C1CC1. The summed E-state index contributed by atoms with van der Waals surface area (Å²) in [6, 6.07) is 0. The molecule has 1 heterocycles. The molecule has 17 heavy (non-hydrogen) atoms. The van der Waals surface area contributed by atoms with Crippen molar-refractivity contribution in [2.45, 2.75) is 43.4 Å². The fourth-order valence-corrected chi connectivity index (χ4v) is 5.09. The van der Waals surface area contributed by atoms with E-state index in [0.29, 0.717) is 11.6 Å². The zero-order valence-corrected chi connectivity index (χ0v) is 12.3. The Hall–Kier alpha value is -0.170. The van der Waals surface area contributed by atoms with Gasteiger partial charge in [-0.3, -0.25) is 0 Å². The zero-order valence-electron chi connectivity index (χ0n) is 9.95. The summed E-state index contributed by atoms with van der Waals surface area (Å²) in [4.78, 5) is 3.93. The number of hydrogen-bond donors (Lipinski definition) is 1. The van der Waals surface area contributed by atoms with E-state index in [1.807, 2.05) is 13.8 Å². The molecular weight excluding hydrogens is 280 g/mol. The van der Waals surface area contributed by atoms with Gasteiger partial charge < -0.3 is 0 Å². The van der Waals surface area contributed by atoms with Crippen molar-refractivity contribution < 1.29 is 8.42 Å². The monoisotopic (exact) mass is 294 g/mol. The Bertz CT molecular complexity index is 533. The van der Waals surface area contributed by atoms with Crippen molar-refractivity contribution >= 4 is 33.0 Å². The van der Waals surface area contributed by atoms with E-state index in [2.05, 4.69) is 9.71 Å². The van der Waals surface area contributed by atoms with Crippen LogP contribution in [0.3, 0.4) is 0 Å². The van der Waals surface area contributed by atoms with E-state index in [4.69, 9.17) is 11.6 Å². The number of aromatic nitrogens is 1. The molecule has 0 unspecified atom stereocenters. The van der Waals surface area contributed by atoms with Crippen LogP contribution in [0.4, 0.5) is 0 Å². The Morgan fingerprint density at radius 2 is 2.06 bits per heavy atom. The molecule has 7 heteroatoms. The molecule has 96 valence electrons. The summed E-state index contributed by atoms with van der Waals surface area (Å²) in [7, 11) is -3.51. The van der Waals surface area contributed by atoms with Crippen molar-refractivity contribution in [3.05, 3.63) is 10.2 Å². The second-order valence-electron chi connectivity index (χ2n) is 4.94. The summed E-state index contributed by atoms with van der Waals surface area (Å²) in [5, 5.41) is 0. The highest BCUT2D eigenvalue weighted by Crippen LogP contribution is 2.40. The average molecular weight is 295 g/mol. The maximum absolute atomic E-state index is 12.2. The van der Waals surface area contributed by atoms with E-state index in [0.717, 1.165) is 24.2 Å². The zero-order chi connectivity index (χ0) is 12.8. The van der Waals surface area contributed by atoms with Crippen LogP contribution in [-0.2, 0) is 10.0 Å². The third-order valence-corrected chi connectivity index (χ3v) is 6.51. The van der Waals surface area contributed by atoms with Gasteiger partial charge in [0.2, 0.25) is 0 Å². The fraction of sp³-hybridized carbons (Fsp3) is 0.700. The Balaban J connectivity index is 2.27. The number of hydrogen-bond acceptors (Lipinski definition) is 4. The quantitative estimate of drug-likeness (QED) is 0.928. The molecule has 1 aliphatic carbocycles. The molecule has 0 aliphatic heterocycles. The van der Waals surface area contributed by atoms with Gasteiger partial charge in [-0.2, -0.15) is 0 Å². The van der Waals surface area contributed by atoms with Crippen molar-refractivity contribution in [2.24, 2.45) is 5.92 Å². The Morgan fingerprint density at radius 1 is 1.47 bits per heavy atom. The number of sulfonamides is 1. The van der Waals surface area contributed by atoms with Gasteiger partial charge in [-0.25, -0.2) is 18.1 Å². The summed E-state index contributed by atoms with van der Waals surface area (Å²) in [6.07, 6.45) is 2.16. The lowest BCUT2D eigenvalue weighted by molar-refractivity contribution is 0.401. The van der Waals surface area contributed by atoms with E-state index in [1.165, 1.54) is 0 Å².